The van der Waals surface area contributed by atoms with E-state index < -0.39 is 5.97 Å². The molecule has 0 aliphatic heterocycles. The van der Waals surface area contributed by atoms with Gasteiger partial charge in [-0.2, -0.15) is 0 Å². The number of hydrogen-bond acceptors (Lipinski definition) is 7. The molecule has 130 valence electrons. The van der Waals surface area contributed by atoms with Crippen LogP contribution in [0.4, 0.5) is 0 Å². The summed E-state index contributed by atoms with van der Waals surface area (Å²) in [7, 11) is 4.56. The fourth-order valence-corrected chi connectivity index (χ4v) is 1.98. The van der Waals surface area contributed by atoms with Crippen LogP contribution in [0.3, 0.4) is 0 Å². The summed E-state index contributed by atoms with van der Waals surface area (Å²) >= 11 is 0. The average molecular weight is 342 g/mol. The lowest BCUT2D eigenvalue weighted by molar-refractivity contribution is -0.137. The number of hydrogen-bond donors (Lipinski definition) is 0. The van der Waals surface area contributed by atoms with Crippen molar-refractivity contribution in [3.05, 3.63) is 53.9 Å². The molecule has 1 aromatic heterocycles. The van der Waals surface area contributed by atoms with E-state index in [1.807, 2.05) is 0 Å². The van der Waals surface area contributed by atoms with Gasteiger partial charge in [0.15, 0.2) is 11.5 Å². The van der Waals surface area contributed by atoms with Crippen LogP contribution in [0.15, 0.2) is 47.8 Å². The minimum atomic E-state index is -0.624. The Hall–Kier alpha value is -3.35. The van der Waals surface area contributed by atoms with E-state index in [4.69, 9.17) is 19.0 Å². The van der Waals surface area contributed by atoms with Gasteiger partial charge in [-0.25, -0.2) is 4.79 Å². The molecule has 7 heteroatoms. The SMILES string of the molecule is COc1cc(/C=C/C(=O)O/N=C/c2ccccn2)cc(OC)c1OC. The molecule has 0 bridgehead atoms. The Kier molecular flexibility index (Phi) is 6.53. The molecule has 0 unspecified atom stereocenters. The second kappa shape index (κ2) is 9.07. The van der Waals surface area contributed by atoms with Crippen LogP contribution in [0.2, 0.25) is 0 Å². The first-order chi connectivity index (χ1) is 12.2. The van der Waals surface area contributed by atoms with Crippen molar-refractivity contribution in [2.45, 2.75) is 0 Å². The fourth-order valence-electron chi connectivity index (χ4n) is 1.98. The highest BCUT2D eigenvalue weighted by molar-refractivity contribution is 5.88. The van der Waals surface area contributed by atoms with Crippen LogP contribution in [-0.4, -0.2) is 38.5 Å². The number of pyridine rings is 1. The number of aromatic nitrogens is 1. The minimum absolute atomic E-state index is 0.477. The highest BCUT2D eigenvalue weighted by Crippen LogP contribution is 2.38. The van der Waals surface area contributed by atoms with Gasteiger partial charge in [0, 0.05) is 12.3 Å². The van der Waals surface area contributed by atoms with E-state index in [9.17, 15) is 4.79 Å². The first kappa shape index (κ1) is 18.0. The molecule has 0 radical (unpaired) electrons. The second-order valence-corrected chi connectivity index (χ2v) is 4.69. The van der Waals surface area contributed by atoms with Crippen molar-refractivity contribution < 1.29 is 23.8 Å². The maximum absolute atomic E-state index is 11.7. The van der Waals surface area contributed by atoms with Crippen LogP contribution >= 0.6 is 0 Å². The van der Waals surface area contributed by atoms with Crippen molar-refractivity contribution in [1.29, 1.82) is 0 Å². The number of rotatable bonds is 7. The summed E-state index contributed by atoms with van der Waals surface area (Å²) in [5.74, 6) is 0.830. The molecular formula is C18H18N2O5. The smallest absolute Gasteiger partial charge is 0.358 e. The van der Waals surface area contributed by atoms with E-state index >= 15 is 0 Å². The Morgan fingerprint density at radius 2 is 1.80 bits per heavy atom. The molecule has 0 saturated heterocycles. The third-order valence-electron chi connectivity index (χ3n) is 3.11. The number of oxime groups is 1. The number of carbonyl (C=O) groups excluding carboxylic acids is 1. The van der Waals surface area contributed by atoms with Crippen LogP contribution in [0.25, 0.3) is 6.08 Å². The van der Waals surface area contributed by atoms with Crippen molar-refractivity contribution in [3.63, 3.8) is 0 Å². The van der Waals surface area contributed by atoms with E-state index in [0.29, 0.717) is 28.5 Å². The summed E-state index contributed by atoms with van der Waals surface area (Å²) in [6, 6.07) is 8.75. The summed E-state index contributed by atoms with van der Waals surface area (Å²) in [6.45, 7) is 0. The minimum Gasteiger partial charge on any atom is -0.493 e. The Bertz CT molecular complexity index is 747. The molecule has 2 aromatic rings. The Labute approximate surface area is 145 Å². The van der Waals surface area contributed by atoms with Crippen molar-refractivity contribution in [3.8, 4) is 17.2 Å². The lowest BCUT2D eigenvalue weighted by Crippen LogP contribution is -1.97. The summed E-state index contributed by atoms with van der Waals surface area (Å²) < 4.78 is 15.8. The van der Waals surface area contributed by atoms with Gasteiger partial charge in [0.1, 0.15) is 0 Å². The van der Waals surface area contributed by atoms with Gasteiger partial charge in [-0.15, -0.1) is 0 Å². The highest BCUT2D eigenvalue weighted by atomic mass is 16.7. The van der Waals surface area contributed by atoms with Crippen LogP contribution in [0.1, 0.15) is 11.3 Å². The largest absolute Gasteiger partial charge is 0.493 e. The maximum atomic E-state index is 11.7. The zero-order valence-electron chi connectivity index (χ0n) is 14.1. The van der Waals surface area contributed by atoms with Crippen molar-refractivity contribution in [2.24, 2.45) is 5.16 Å². The molecule has 7 nitrogen and oxygen atoms in total. The summed E-state index contributed by atoms with van der Waals surface area (Å²) in [5.41, 5.74) is 1.27. The zero-order valence-corrected chi connectivity index (χ0v) is 14.1. The molecule has 2 rings (SSSR count). The monoisotopic (exact) mass is 342 g/mol. The predicted molar refractivity (Wildman–Crippen MR) is 93.1 cm³/mol. The number of carbonyl (C=O) groups is 1. The topological polar surface area (TPSA) is 79.2 Å². The number of ether oxygens (including phenoxy) is 3. The molecule has 0 amide bonds. The van der Waals surface area contributed by atoms with Crippen molar-refractivity contribution in [1.82, 2.24) is 4.98 Å². The van der Waals surface area contributed by atoms with Crippen LogP contribution < -0.4 is 14.2 Å². The van der Waals surface area contributed by atoms with Gasteiger partial charge in [0.05, 0.1) is 33.2 Å². The molecule has 0 aliphatic rings. The number of benzene rings is 1. The molecule has 0 aliphatic carbocycles. The average Bonchev–Trinajstić information content (AvgIpc) is 2.66. The molecule has 1 aromatic carbocycles. The molecule has 0 spiro atoms. The van der Waals surface area contributed by atoms with Crippen LogP contribution in [0, 0.1) is 0 Å². The van der Waals surface area contributed by atoms with Gasteiger partial charge in [-0.05, 0) is 35.9 Å². The molecular weight excluding hydrogens is 324 g/mol. The van der Waals surface area contributed by atoms with E-state index in [0.717, 1.165) is 0 Å². The Balaban J connectivity index is 2.05. The normalized spacial score (nSPS) is 10.8. The zero-order chi connectivity index (χ0) is 18.1. The van der Waals surface area contributed by atoms with E-state index in [1.54, 1.807) is 42.6 Å². The second-order valence-electron chi connectivity index (χ2n) is 4.69. The molecule has 1 heterocycles. The van der Waals surface area contributed by atoms with Gasteiger partial charge in [0.25, 0.3) is 0 Å². The molecule has 0 N–H and O–H groups in total. The van der Waals surface area contributed by atoms with Gasteiger partial charge >= 0.3 is 5.97 Å². The van der Waals surface area contributed by atoms with Crippen LogP contribution in [-0.2, 0) is 9.63 Å². The molecule has 0 fully saturated rings. The third kappa shape index (κ3) is 5.07. The van der Waals surface area contributed by atoms with E-state index in [2.05, 4.69) is 10.1 Å². The third-order valence-corrected chi connectivity index (χ3v) is 3.11. The first-order valence-corrected chi connectivity index (χ1v) is 7.31. The predicted octanol–water partition coefficient (Wildman–Crippen LogP) is 2.70. The summed E-state index contributed by atoms with van der Waals surface area (Å²) in [5, 5.41) is 3.59. The highest BCUT2D eigenvalue weighted by Gasteiger charge is 2.12. The number of nitrogens with zero attached hydrogens (tertiary/aromatic N) is 2. The van der Waals surface area contributed by atoms with Gasteiger partial charge in [0.2, 0.25) is 5.75 Å². The van der Waals surface area contributed by atoms with E-state index in [1.165, 1.54) is 33.6 Å². The van der Waals surface area contributed by atoms with Gasteiger partial charge in [-0.3, -0.25) is 4.98 Å². The lowest BCUT2D eigenvalue weighted by atomic mass is 10.1. The fraction of sp³-hybridized carbons (Fsp3) is 0.167. The van der Waals surface area contributed by atoms with Crippen molar-refractivity contribution in [2.75, 3.05) is 21.3 Å². The van der Waals surface area contributed by atoms with Gasteiger partial charge < -0.3 is 19.0 Å². The van der Waals surface area contributed by atoms with E-state index in [-0.39, 0.29) is 0 Å². The number of methoxy groups -OCH3 is 3. The Morgan fingerprint density at radius 3 is 2.36 bits per heavy atom. The molecule has 0 saturated carbocycles. The van der Waals surface area contributed by atoms with Crippen LogP contribution in [0.5, 0.6) is 17.2 Å². The summed E-state index contributed by atoms with van der Waals surface area (Å²) in [6.07, 6.45) is 5.78. The van der Waals surface area contributed by atoms with Crippen molar-refractivity contribution >= 4 is 18.3 Å². The van der Waals surface area contributed by atoms with Gasteiger partial charge in [-0.1, -0.05) is 11.2 Å². The first-order valence-electron chi connectivity index (χ1n) is 7.31. The maximum Gasteiger partial charge on any atom is 0.358 e. The lowest BCUT2D eigenvalue weighted by Gasteiger charge is -2.12. The summed E-state index contributed by atoms with van der Waals surface area (Å²) in [4.78, 5) is 20.5. The quantitative estimate of drug-likeness (QED) is 0.333. The standard InChI is InChI=1S/C18H18N2O5/c1-22-15-10-13(11-16(23-2)18(15)24-3)7-8-17(21)25-20-12-14-6-4-5-9-19-14/h4-12H,1-3H3/b8-7+,20-12+. The molecule has 0 atom stereocenters. The molecule has 25 heavy (non-hydrogen) atoms. The Morgan fingerprint density at radius 1 is 1.08 bits per heavy atom.